The molecular formula is C21H23FN4O. The van der Waals surface area contributed by atoms with Crippen molar-refractivity contribution in [2.24, 2.45) is 0 Å². The summed E-state index contributed by atoms with van der Waals surface area (Å²) >= 11 is 0. The number of aromatic nitrogens is 2. The highest BCUT2D eigenvalue weighted by Gasteiger charge is 2.09. The molecule has 0 aliphatic heterocycles. The summed E-state index contributed by atoms with van der Waals surface area (Å²) in [6.07, 6.45) is 3.77. The van der Waals surface area contributed by atoms with Crippen molar-refractivity contribution in [1.82, 2.24) is 20.0 Å². The topological polar surface area (TPSA) is 50.2 Å². The molecule has 0 radical (unpaired) electrons. The molecule has 0 spiro atoms. The lowest BCUT2D eigenvalue weighted by Crippen LogP contribution is -2.34. The minimum atomic E-state index is -0.235. The molecule has 0 aliphatic carbocycles. The van der Waals surface area contributed by atoms with E-state index < -0.39 is 0 Å². The number of aryl methyl sites for hydroxylation is 1. The predicted molar refractivity (Wildman–Crippen MR) is 103 cm³/mol. The molecule has 140 valence electrons. The van der Waals surface area contributed by atoms with Crippen LogP contribution in [0, 0.1) is 12.7 Å². The molecule has 1 N–H and O–H groups in total. The lowest BCUT2D eigenvalue weighted by Gasteiger charge is -2.15. The zero-order valence-electron chi connectivity index (χ0n) is 15.5. The fourth-order valence-corrected chi connectivity index (χ4v) is 2.85. The second kappa shape index (κ2) is 8.60. The van der Waals surface area contributed by atoms with Gasteiger partial charge in [0.2, 0.25) is 5.91 Å². The first-order valence-corrected chi connectivity index (χ1v) is 8.80. The second-order valence-electron chi connectivity index (χ2n) is 6.66. The summed E-state index contributed by atoms with van der Waals surface area (Å²) in [7, 11) is 1.89. The van der Waals surface area contributed by atoms with E-state index in [0.717, 1.165) is 16.8 Å². The number of nitrogens with zero attached hydrogens (tertiary/aromatic N) is 3. The molecule has 3 rings (SSSR count). The summed E-state index contributed by atoms with van der Waals surface area (Å²) in [5, 5.41) is 7.24. The number of likely N-dealkylation sites (N-methyl/N-ethyl adjacent to an activating group) is 1. The second-order valence-corrected chi connectivity index (χ2v) is 6.66. The van der Waals surface area contributed by atoms with Crippen LogP contribution < -0.4 is 5.32 Å². The average Bonchev–Trinajstić information content (AvgIpc) is 3.11. The quantitative estimate of drug-likeness (QED) is 0.699. The van der Waals surface area contributed by atoms with Crippen molar-refractivity contribution in [3.8, 4) is 5.69 Å². The zero-order chi connectivity index (χ0) is 19.2. The molecule has 0 bridgehead atoms. The molecule has 1 heterocycles. The van der Waals surface area contributed by atoms with Gasteiger partial charge >= 0.3 is 0 Å². The molecule has 6 heteroatoms. The molecule has 1 amide bonds. The molecule has 27 heavy (non-hydrogen) atoms. The Labute approximate surface area is 158 Å². The highest BCUT2D eigenvalue weighted by molar-refractivity contribution is 5.77. The Kier molecular flexibility index (Phi) is 5.98. The normalized spacial score (nSPS) is 11.0. The SMILES string of the molecule is Cc1cc(CNC(=O)CN(C)Cc2cnn(-c3ccccc3)c2)ccc1F. The van der Waals surface area contributed by atoms with Crippen LogP contribution in [0.3, 0.4) is 0 Å². The van der Waals surface area contributed by atoms with Crippen molar-refractivity contribution < 1.29 is 9.18 Å². The molecule has 5 nitrogen and oxygen atoms in total. The first kappa shape index (κ1) is 18.8. The number of hydrogen-bond acceptors (Lipinski definition) is 3. The van der Waals surface area contributed by atoms with Crippen LogP contribution in [0.15, 0.2) is 60.9 Å². The monoisotopic (exact) mass is 366 g/mol. The van der Waals surface area contributed by atoms with Gasteiger partial charge in [0, 0.05) is 24.8 Å². The van der Waals surface area contributed by atoms with Crippen LogP contribution in [-0.4, -0.2) is 34.2 Å². The summed E-state index contributed by atoms with van der Waals surface area (Å²) in [4.78, 5) is 14.1. The Hall–Kier alpha value is -2.99. The molecule has 3 aromatic rings. The molecule has 2 aromatic carbocycles. The number of carbonyl (C=O) groups excluding carboxylic acids is 1. The van der Waals surface area contributed by atoms with Crippen LogP contribution >= 0.6 is 0 Å². The van der Waals surface area contributed by atoms with Crippen LogP contribution in [0.25, 0.3) is 5.69 Å². The van der Waals surface area contributed by atoms with Crippen molar-refractivity contribution in [2.75, 3.05) is 13.6 Å². The van der Waals surface area contributed by atoms with E-state index in [4.69, 9.17) is 0 Å². The molecule has 0 aliphatic rings. The summed E-state index contributed by atoms with van der Waals surface area (Å²) in [6, 6.07) is 14.7. The third-order valence-electron chi connectivity index (χ3n) is 4.23. The number of carbonyl (C=O) groups is 1. The fraction of sp³-hybridized carbons (Fsp3) is 0.238. The Balaban J connectivity index is 1.48. The largest absolute Gasteiger partial charge is 0.351 e. The van der Waals surface area contributed by atoms with Crippen LogP contribution in [0.4, 0.5) is 4.39 Å². The van der Waals surface area contributed by atoms with Gasteiger partial charge in [0.1, 0.15) is 5.82 Å². The Morgan fingerprint density at radius 3 is 2.70 bits per heavy atom. The number of hydrogen-bond donors (Lipinski definition) is 1. The maximum atomic E-state index is 13.3. The molecule has 0 fully saturated rings. The van der Waals surface area contributed by atoms with Gasteiger partial charge in [-0.15, -0.1) is 0 Å². The van der Waals surface area contributed by atoms with Gasteiger partial charge in [-0.2, -0.15) is 5.10 Å². The first-order chi connectivity index (χ1) is 13.0. The van der Waals surface area contributed by atoms with Crippen LogP contribution in [0.1, 0.15) is 16.7 Å². The van der Waals surface area contributed by atoms with E-state index in [2.05, 4.69) is 10.4 Å². The Morgan fingerprint density at radius 1 is 1.19 bits per heavy atom. The van der Waals surface area contributed by atoms with Gasteiger partial charge in [0.25, 0.3) is 0 Å². The van der Waals surface area contributed by atoms with Gasteiger partial charge in [-0.25, -0.2) is 9.07 Å². The number of nitrogens with one attached hydrogen (secondary N) is 1. The summed E-state index contributed by atoms with van der Waals surface area (Å²) in [5.74, 6) is -0.309. The lowest BCUT2D eigenvalue weighted by atomic mass is 10.1. The van der Waals surface area contributed by atoms with Gasteiger partial charge in [-0.05, 0) is 43.3 Å². The fourth-order valence-electron chi connectivity index (χ4n) is 2.85. The molecule has 0 unspecified atom stereocenters. The van der Waals surface area contributed by atoms with E-state index >= 15 is 0 Å². The van der Waals surface area contributed by atoms with E-state index in [-0.39, 0.29) is 18.3 Å². The van der Waals surface area contributed by atoms with Crippen molar-refractivity contribution in [2.45, 2.75) is 20.0 Å². The van der Waals surface area contributed by atoms with E-state index in [1.165, 1.54) is 6.07 Å². The van der Waals surface area contributed by atoms with E-state index in [1.807, 2.05) is 59.4 Å². The Bertz CT molecular complexity index is 908. The lowest BCUT2D eigenvalue weighted by molar-refractivity contribution is -0.122. The van der Waals surface area contributed by atoms with Gasteiger partial charge in [-0.3, -0.25) is 9.69 Å². The number of benzene rings is 2. The molecular weight excluding hydrogens is 343 g/mol. The minimum absolute atomic E-state index is 0.0741. The third kappa shape index (κ3) is 5.24. The molecule has 0 atom stereocenters. The Morgan fingerprint density at radius 2 is 1.96 bits per heavy atom. The van der Waals surface area contributed by atoms with Gasteiger partial charge in [0.05, 0.1) is 18.4 Å². The van der Waals surface area contributed by atoms with E-state index in [1.54, 1.807) is 19.1 Å². The van der Waals surface area contributed by atoms with Crippen molar-refractivity contribution >= 4 is 5.91 Å². The number of halogens is 1. The number of amides is 1. The molecule has 0 saturated carbocycles. The highest BCUT2D eigenvalue weighted by Crippen LogP contribution is 2.10. The average molecular weight is 366 g/mol. The predicted octanol–water partition coefficient (Wildman–Crippen LogP) is 3.07. The van der Waals surface area contributed by atoms with E-state index in [9.17, 15) is 9.18 Å². The molecule has 0 saturated heterocycles. The minimum Gasteiger partial charge on any atom is -0.351 e. The number of rotatable bonds is 7. The smallest absolute Gasteiger partial charge is 0.234 e. The maximum Gasteiger partial charge on any atom is 0.234 e. The summed E-state index contributed by atoms with van der Waals surface area (Å²) < 4.78 is 15.1. The van der Waals surface area contributed by atoms with Crippen LogP contribution in [-0.2, 0) is 17.9 Å². The van der Waals surface area contributed by atoms with Crippen LogP contribution in [0.2, 0.25) is 0 Å². The highest BCUT2D eigenvalue weighted by atomic mass is 19.1. The zero-order valence-corrected chi connectivity index (χ0v) is 15.5. The first-order valence-electron chi connectivity index (χ1n) is 8.80. The van der Waals surface area contributed by atoms with Crippen molar-refractivity contribution in [1.29, 1.82) is 0 Å². The number of para-hydroxylation sites is 1. The van der Waals surface area contributed by atoms with Crippen molar-refractivity contribution in [3.05, 3.63) is 83.4 Å². The summed E-state index contributed by atoms with van der Waals surface area (Å²) in [6.45, 7) is 3.00. The maximum absolute atomic E-state index is 13.3. The standard InChI is InChI=1S/C21H23FN4O/c1-16-10-17(8-9-20(16)22)11-23-21(27)15-25(2)13-18-12-24-26(14-18)19-6-4-3-5-7-19/h3-10,12,14H,11,13,15H2,1-2H3,(H,23,27). The van der Waals surface area contributed by atoms with Gasteiger partial charge in [0.15, 0.2) is 0 Å². The van der Waals surface area contributed by atoms with Crippen LogP contribution in [0.5, 0.6) is 0 Å². The van der Waals surface area contributed by atoms with Gasteiger partial charge < -0.3 is 5.32 Å². The molecule has 1 aromatic heterocycles. The van der Waals surface area contributed by atoms with Gasteiger partial charge in [-0.1, -0.05) is 30.3 Å². The summed E-state index contributed by atoms with van der Waals surface area (Å²) in [5.41, 5.74) is 3.49. The third-order valence-corrected chi connectivity index (χ3v) is 4.23. The van der Waals surface area contributed by atoms with E-state index in [0.29, 0.717) is 18.7 Å². The van der Waals surface area contributed by atoms with Crippen molar-refractivity contribution in [3.63, 3.8) is 0 Å².